The molecule has 0 spiro atoms. The highest BCUT2D eigenvalue weighted by Gasteiger charge is 2.37. The molecule has 0 unspecified atom stereocenters. The van der Waals surface area contributed by atoms with E-state index in [0.717, 1.165) is 23.8 Å². The predicted molar refractivity (Wildman–Crippen MR) is 98.6 cm³/mol. The van der Waals surface area contributed by atoms with Gasteiger partial charge in [0.2, 0.25) is 5.91 Å². The number of rotatable bonds is 1. The fourth-order valence-corrected chi connectivity index (χ4v) is 5.56. The van der Waals surface area contributed by atoms with Crippen LogP contribution in [0.3, 0.4) is 0 Å². The Morgan fingerprint density at radius 2 is 1.96 bits per heavy atom. The maximum Gasteiger partial charge on any atom is 0.225 e. The van der Waals surface area contributed by atoms with E-state index in [-0.39, 0.29) is 11.8 Å². The number of carbonyl (C=O) groups is 1. The lowest BCUT2D eigenvalue weighted by Crippen LogP contribution is -2.27. The molecule has 1 aliphatic carbocycles. The highest BCUT2D eigenvalue weighted by molar-refractivity contribution is 7.16. The van der Waals surface area contributed by atoms with Crippen molar-refractivity contribution < 1.29 is 4.79 Å². The molecule has 1 N–H and O–H groups in total. The maximum atomic E-state index is 12.2. The zero-order chi connectivity index (χ0) is 16.9. The first-order valence-corrected chi connectivity index (χ1v) is 9.59. The van der Waals surface area contributed by atoms with Gasteiger partial charge in [-0.25, -0.2) is 0 Å². The second-order valence-corrected chi connectivity index (χ2v) is 9.24. The summed E-state index contributed by atoms with van der Waals surface area (Å²) in [6.45, 7) is 7.03. The van der Waals surface area contributed by atoms with E-state index >= 15 is 0 Å². The van der Waals surface area contributed by atoms with Gasteiger partial charge < -0.3 is 5.32 Å². The number of hydrogen-bond acceptors (Lipinski definition) is 3. The van der Waals surface area contributed by atoms with Crippen LogP contribution in [0, 0.1) is 11.3 Å². The van der Waals surface area contributed by atoms with Crippen LogP contribution in [0.1, 0.15) is 61.1 Å². The molecule has 3 heterocycles. The zero-order valence-electron chi connectivity index (χ0n) is 14.6. The van der Waals surface area contributed by atoms with Crippen LogP contribution >= 0.6 is 11.3 Å². The second kappa shape index (κ2) is 5.69. The molecule has 3 nitrogen and oxygen atoms in total. The number of anilines is 1. The van der Waals surface area contributed by atoms with Crippen LogP contribution in [0.25, 0.3) is 0 Å². The van der Waals surface area contributed by atoms with E-state index in [4.69, 9.17) is 0 Å². The van der Waals surface area contributed by atoms with Gasteiger partial charge in [0, 0.05) is 29.6 Å². The molecule has 0 bridgehead atoms. The van der Waals surface area contributed by atoms with Crippen molar-refractivity contribution in [3.63, 3.8) is 0 Å². The first-order valence-electron chi connectivity index (χ1n) is 8.77. The van der Waals surface area contributed by atoms with Crippen LogP contribution < -0.4 is 5.32 Å². The summed E-state index contributed by atoms with van der Waals surface area (Å²) in [6.07, 6.45) is 7.74. The smallest absolute Gasteiger partial charge is 0.225 e. The van der Waals surface area contributed by atoms with Crippen LogP contribution in [0.2, 0.25) is 0 Å². The minimum Gasteiger partial charge on any atom is -0.317 e. The third-order valence-electron chi connectivity index (χ3n) is 5.63. The Balaban J connectivity index is 1.76. The molecule has 2 aromatic rings. The normalized spacial score (nSPS) is 23.4. The number of amides is 1. The second-order valence-electron chi connectivity index (χ2n) is 8.14. The molecule has 2 aromatic heterocycles. The van der Waals surface area contributed by atoms with Crippen molar-refractivity contribution in [3.8, 4) is 0 Å². The number of aromatic nitrogens is 1. The summed E-state index contributed by atoms with van der Waals surface area (Å²) >= 11 is 1.81. The number of thiophene rings is 1. The van der Waals surface area contributed by atoms with E-state index in [1.807, 2.05) is 23.7 Å². The summed E-state index contributed by atoms with van der Waals surface area (Å²) in [5.74, 6) is 1.04. The van der Waals surface area contributed by atoms with Gasteiger partial charge in [0.05, 0.1) is 5.00 Å². The Kier molecular flexibility index (Phi) is 3.75. The molecule has 126 valence electrons. The van der Waals surface area contributed by atoms with E-state index in [9.17, 15) is 4.79 Å². The minimum absolute atomic E-state index is 0.135. The fraction of sp³-hybridized carbons (Fsp3) is 0.500. The molecule has 2 aliphatic rings. The predicted octanol–water partition coefficient (Wildman–Crippen LogP) is 4.77. The summed E-state index contributed by atoms with van der Waals surface area (Å²) in [7, 11) is 0. The van der Waals surface area contributed by atoms with Crippen LogP contribution in [0.15, 0.2) is 24.5 Å². The number of carbonyl (C=O) groups excluding carboxylic acids is 1. The first-order chi connectivity index (χ1) is 11.4. The van der Waals surface area contributed by atoms with E-state index < -0.39 is 0 Å². The van der Waals surface area contributed by atoms with Crippen molar-refractivity contribution in [2.24, 2.45) is 11.3 Å². The zero-order valence-corrected chi connectivity index (χ0v) is 15.4. The number of fused-ring (bicyclic) bond motifs is 3. The third-order valence-corrected chi connectivity index (χ3v) is 6.82. The van der Waals surface area contributed by atoms with Gasteiger partial charge in [0.15, 0.2) is 0 Å². The van der Waals surface area contributed by atoms with Gasteiger partial charge in [-0.3, -0.25) is 9.78 Å². The largest absolute Gasteiger partial charge is 0.317 e. The SMILES string of the molecule is CC(C)(C)[C@H]1CCc2c(sc3c2[C@H](c2ccncc2)CC(=O)N3)C1. The lowest BCUT2D eigenvalue weighted by molar-refractivity contribution is -0.116. The number of pyridine rings is 1. The van der Waals surface area contributed by atoms with E-state index in [2.05, 4.69) is 43.2 Å². The third kappa shape index (κ3) is 2.67. The standard InChI is InChI=1S/C20H24N2OS/c1-20(2,3)13-4-5-14-16(10-13)24-19-18(14)15(11-17(23)22-19)12-6-8-21-9-7-12/h6-9,13,15H,4-5,10-11H2,1-3H3,(H,22,23)/t13-,15-/m0/s1. The van der Waals surface area contributed by atoms with Crippen LogP contribution in [-0.4, -0.2) is 10.9 Å². The average Bonchev–Trinajstić information content (AvgIpc) is 2.91. The lowest BCUT2D eigenvalue weighted by atomic mass is 9.71. The Hall–Kier alpha value is -1.68. The Labute approximate surface area is 147 Å². The van der Waals surface area contributed by atoms with Gasteiger partial charge >= 0.3 is 0 Å². The molecular weight excluding hydrogens is 316 g/mol. The molecule has 0 saturated heterocycles. The number of nitrogens with one attached hydrogen (secondary N) is 1. The molecule has 4 rings (SSSR count). The molecule has 0 radical (unpaired) electrons. The number of nitrogens with zero attached hydrogens (tertiary/aromatic N) is 1. The molecule has 24 heavy (non-hydrogen) atoms. The van der Waals surface area contributed by atoms with E-state index in [0.29, 0.717) is 11.8 Å². The van der Waals surface area contributed by atoms with E-state index in [1.165, 1.54) is 28.0 Å². The molecule has 0 saturated carbocycles. The van der Waals surface area contributed by atoms with Crippen LogP contribution in [-0.2, 0) is 17.6 Å². The molecule has 0 fully saturated rings. The Bertz CT molecular complexity index is 773. The van der Waals surface area contributed by atoms with Crippen LogP contribution in [0.5, 0.6) is 0 Å². The van der Waals surface area contributed by atoms with Gasteiger partial charge in [-0.1, -0.05) is 20.8 Å². The maximum absolute atomic E-state index is 12.2. The summed E-state index contributed by atoms with van der Waals surface area (Å²) in [5.41, 5.74) is 4.45. The van der Waals surface area contributed by atoms with Gasteiger partial charge in [0.1, 0.15) is 0 Å². The molecule has 1 aliphatic heterocycles. The van der Waals surface area contributed by atoms with Crippen molar-refractivity contribution in [3.05, 3.63) is 46.1 Å². The summed E-state index contributed by atoms with van der Waals surface area (Å²) in [6, 6.07) is 4.11. The van der Waals surface area contributed by atoms with Crippen molar-refractivity contribution in [1.82, 2.24) is 4.98 Å². The Morgan fingerprint density at radius 3 is 2.67 bits per heavy atom. The van der Waals surface area contributed by atoms with Crippen LogP contribution in [0.4, 0.5) is 5.00 Å². The highest BCUT2D eigenvalue weighted by Crippen LogP contribution is 2.50. The molecule has 4 heteroatoms. The van der Waals surface area contributed by atoms with Gasteiger partial charge in [-0.2, -0.15) is 0 Å². The van der Waals surface area contributed by atoms with Crippen molar-refractivity contribution in [2.45, 2.75) is 52.4 Å². The van der Waals surface area contributed by atoms with Crippen molar-refractivity contribution >= 4 is 22.2 Å². The lowest BCUT2D eigenvalue weighted by Gasteiger charge is -2.34. The van der Waals surface area contributed by atoms with Gasteiger partial charge in [-0.05, 0) is 59.4 Å². The monoisotopic (exact) mass is 340 g/mol. The molecule has 2 atom stereocenters. The molecule has 0 aromatic carbocycles. The van der Waals surface area contributed by atoms with E-state index in [1.54, 1.807) is 0 Å². The summed E-state index contributed by atoms with van der Waals surface area (Å²) in [4.78, 5) is 17.8. The first kappa shape index (κ1) is 15.8. The van der Waals surface area contributed by atoms with Crippen molar-refractivity contribution in [1.29, 1.82) is 0 Å². The summed E-state index contributed by atoms with van der Waals surface area (Å²) in [5, 5.41) is 4.22. The topological polar surface area (TPSA) is 42.0 Å². The number of hydrogen-bond donors (Lipinski definition) is 1. The van der Waals surface area contributed by atoms with Crippen molar-refractivity contribution in [2.75, 3.05) is 5.32 Å². The molecule has 1 amide bonds. The highest BCUT2D eigenvalue weighted by atomic mass is 32.1. The summed E-state index contributed by atoms with van der Waals surface area (Å²) < 4.78 is 0. The van der Waals surface area contributed by atoms with Gasteiger partial charge in [0.25, 0.3) is 0 Å². The quantitative estimate of drug-likeness (QED) is 0.812. The molecular formula is C20H24N2OS. The average molecular weight is 340 g/mol. The minimum atomic E-state index is 0.135. The van der Waals surface area contributed by atoms with Gasteiger partial charge in [-0.15, -0.1) is 11.3 Å². The fourth-order valence-electron chi connectivity index (χ4n) is 4.16. The Morgan fingerprint density at radius 1 is 1.21 bits per heavy atom.